The van der Waals surface area contributed by atoms with E-state index in [2.05, 4.69) is 51.6 Å². The number of benzene rings is 3. The number of nitrogens with zero attached hydrogens (tertiary/aromatic N) is 3. The summed E-state index contributed by atoms with van der Waals surface area (Å²) in [6.07, 6.45) is 0.690. The molecule has 0 radical (unpaired) electrons. The molecule has 1 N–H and O–H groups in total. The van der Waals surface area contributed by atoms with Crippen molar-refractivity contribution in [3.8, 4) is 5.75 Å². The fourth-order valence-electron chi connectivity index (χ4n) is 7.08. The van der Waals surface area contributed by atoms with Crippen molar-refractivity contribution in [2.45, 2.75) is 25.2 Å². The van der Waals surface area contributed by atoms with Crippen molar-refractivity contribution in [1.82, 2.24) is 9.88 Å². The molecule has 8 nitrogen and oxygen atoms in total. The van der Waals surface area contributed by atoms with Crippen molar-refractivity contribution in [2.75, 3.05) is 43.5 Å². The fourth-order valence-corrected chi connectivity index (χ4v) is 7.76. The molecule has 2 bridgehead atoms. The number of methoxy groups -OCH3 is 1. The number of thiazole rings is 1. The Morgan fingerprint density at radius 1 is 0.884 bits per heavy atom. The third-order valence-electron chi connectivity index (χ3n) is 9.30. The van der Waals surface area contributed by atoms with Crippen molar-refractivity contribution < 1.29 is 19.1 Å². The molecule has 1 fully saturated rings. The van der Waals surface area contributed by atoms with Crippen molar-refractivity contribution in [2.24, 2.45) is 5.41 Å². The third kappa shape index (κ3) is 4.59. The summed E-state index contributed by atoms with van der Waals surface area (Å²) >= 11 is 1.17. The van der Waals surface area contributed by atoms with Gasteiger partial charge in [-0.25, -0.2) is 4.98 Å². The van der Waals surface area contributed by atoms with Gasteiger partial charge in [-0.3, -0.25) is 14.4 Å². The molecule has 218 valence electrons. The number of Topliss-reactive ketones (excluding diaryl/α,β-unsaturated/α-hetero) is 1. The molecule has 0 saturated carbocycles. The van der Waals surface area contributed by atoms with Crippen molar-refractivity contribution in [3.05, 3.63) is 106 Å². The van der Waals surface area contributed by atoms with Crippen LogP contribution in [0.15, 0.2) is 78.2 Å². The topological polar surface area (TPSA) is 91.8 Å². The Kier molecular flexibility index (Phi) is 6.77. The minimum Gasteiger partial charge on any atom is -0.497 e. The predicted octanol–water partition coefficient (Wildman–Crippen LogP) is 5.31. The number of ether oxygens (including phenoxy) is 1. The van der Waals surface area contributed by atoms with Crippen molar-refractivity contribution in [3.63, 3.8) is 0 Å². The molecular formula is C34H32N4O4S. The van der Waals surface area contributed by atoms with Crippen LogP contribution >= 0.6 is 11.3 Å². The molecule has 1 aromatic heterocycles. The van der Waals surface area contributed by atoms with Gasteiger partial charge in [-0.1, -0.05) is 48.5 Å². The summed E-state index contributed by atoms with van der Waals surface area (Å²) in [5.41, 5.74) is 5.40. The first-order valence-corrected chi connectivity index (χ1v) is 15.4. The minimum atomic E-state index is -0.692. The predicted molar refractivity (Wildman–Crippen MR) is 166 cm³/mol. The standard InChI is InChI=1S/C34H32N4O4S/c1-34(19-27-23-7-3-5-9-25(23)29(34)26-10-6-4-8-24(26)27)32(41)36-33-35-28(20-43-33)30(39)31(40)38-17-15-37(16-18-38)21-11-13-22(42-2)14-12-21/h3-14,20,27,29H,15-19H2,1-2H3,(H,35,36,41). The molecule has 8 rings (SSSR count). The second-order valence-electron chi connectivity index (χ2n) is 11.7. The van der Waals surface area contributed by atoms with Crippen LogP contribution in [0, 0.1) is 5.41 Å². The van der Waals surface area contributed by atoms with Crippen LogP contribution in [-0.2, 0) is 9.59 Å². The highest BCUT2D eigenvalue weighted by molar-refractivity contribution is 7.14. The first kappa shape index (κ1) is 27.3. The molecule has 2 heterocycles. The van der Waals surface area contributed by atoms with Gasteiger partial charge in [0, 0.05) is 49.1 Å². The average molecular weight is 593 g/mol. The van der Waals surface area contributed by atoms with Gasteiger partial charge in [-0.2, -0.15) is 0 Å². The maximum absolute atomic E-state index is 13.9. The molecule has 1 aliphatic heterocycles. The van der Waals surface area contributed by atoms with Crippen molar-refractivity contribution >= 4 is 39.8 Å². The summed E-state index contributed by atoms with van der Waals surface area (Å²) < 4.78 is 5.23. The maximum atomic E-state index is 13.9. The number of ketones is 1. The number of anilines is 2. The van der Waals surface area contributed by atoms with Crippen LogP contribution in [0.2, 0.25) is 0 Å². The third-order valence-corrected chi connectivity index (χ3v) is 10.1. The highest BCUT2D eigenvalue weighted by Crippen LogP contribution is 2.61. The zero-order chi connectivity index (χ0) is 29.7. The van der Waals surface area contributed by atoms with E-state index in [-0.39, 0.29) is 23.4 Å². The number of carbonyl (C=O) groups excluding carboxylic acids is 3. The van der Waals surface area contributed by atoms with Crippen molar-refractivity contribution in [1.29, 1.82) is 0 Å². The van der Waals surface area contributed by atoms with Gasteiger partial charge in [0.2, 0.25) is 5.91 Å². The Labute approximate surface area is 254 Å². The summed E-state index contributed by atoms with van der Waals surface area (Å²) in [6, 6.07) is 24.6. The number of amides is 2. The van der Waals surface area contributed by atoms with Crippen LogP contribution in [0.25, 0.3) is 0 Å². The Morgan fingerprint density at radius 2 is 1.49 bits per heavy atom. The Morgan fingerprint density at radius 3 is 2.09 bits per heavy atom. The van der Waals surface area contributed by atoms with E-state index in [0.29, 0.717) is 37.7 Å². The normalized spacial score (nSPS) is 22.0. The summed E-state index contributed by atoms with van der Waals surface area (Å²) in [5.74, 6) is -0.491. The molecule has 2 amide bonds. The number of aromatic nitrogens is 1. The van der Waals surface area contributed by atoms with Crippen LogP contribution in [-0.4, -0.2) is 60.8 Å². The lowest BCUT2D eigenvalue weighted by Gasteiger charge is -2.50. The molecule has 4 aromatic rings. The monoisotopic (exact) mass is 592 g/mol. The Hall–Kier alpha value is -4.50. The van der Waals surface area contributed by atoms with E-state index in [4.69, 9.17) is 4.74 Å². The van der Waals surface area contributed by atoms with E-state index < -0.39 is 17.1 Å². The summed E-state index contributed by atoms with van der Waals surface area (Å²) in [5, 5.41) is 4.89. The molecule has 4 aliphatic rings. The Balaban J connectivity index is 1.03. The average Bonchev–Trinajstić information content (AvgIpc) is 3.52. The molecule has 9 heteroatoms. The number of fused-ring (bicyclic) bond motifs is 1. The van der Waals surface area contributed by atoms with Crippen LogP contribution in [0.5, 0.6) is 5.75 Å². The van der Waals surface area contributed by atoms with Gasteiger partial charge in [-0.05, 0) is 59.9 Å². The van der Waals surface area contributed by atoms with Gasteiger partial charge >= 0.3 is 0 Å². The van der Waals surface area contributed by atoms with Gasteiger partial charge in [0.25, 0.3) is 11.7 Å². The molecule has 3 aromatic carbocycles. The fraction of sp³-hybridized carbons (Fsp3) is 0.294. The first-order chi connectivity index (χ1) is 20.9. The summed E-state index contributed by atoms with van der Waals surface area (Å²) in [7, 11) is 1.63. The highest BCUT2D eigenvalue weighted by atomic mass is 32.1. The van der Waals surface area contributed by atoms with Crippen LogP contribution < -0.4 is 15.0 Å². The molecule has 1 atom stereocenters. The second kappa shape index (κ2) is 10.6. The zero-order valence-corrected chi connectivity index (χ0v) is 24.9. The van der Waals surface area contributed by atoms with E-state index in [0.717, 1.165) is 11.4 Å². The minimum absolute atomic E-state index is 0.0638. The summed E-state index contributed by atoms with van der Waals surface area (Å²) in [4.78, 5) is 48.3. The quantitative estimate of drug-likeness (QED) is 0.241. The lowest BCUT2D eigenvalue weighted by Crippen LogP contribution is -2.50. The number of nitrogens with one attached hydrogen (secondary N) is 1. The first-order valence-electron chi connectivity index (χ1n) is 14.5. The van der Waals surface area contributed by atoms with Gasteiger partial charge in [0.05, 0.1) is 12.5 Å². The molecule has 0 spiro atoms. The summed E-state index contributed by atoms with van der Waals surface area (Å²) in [6.45, 7) is 4.15. The lowest BCUT2D eigenvalue weighted by atomic mass is 9.52. The highest BCUT2D eigenvalue weighted by Gasteiger charge is 2.54. The number of piperazine rings is 1. The van der Waals surface area contributed by atoms with E-state index in [9.17, 15) is 14.4 Å². The number of carbonyl (C=O) groups is 3. The van der Waals surface area contributed by atoms with E-state index in [1.807, 2.05) is 43.3 Å². The van der Waals surface area contributed by atoms with E-state index in [1.165, 1.54) is 33.6 Å². The van der Waals surface area contributed by atoms with Crippen LogP contribution in [0.3, 0.4) is 0 Å². The lowest BCUT2D eigenvalue weighted by molar-refractivity contribution is -0.127. The molecule has 1 saturated heterocycles. The zero-order valence-electron chi connectivity index (χ0n) is 24.1. The van der Waals surface area contributed by atoms with Crippen LogP contribution in [0.1, 0.15) is 57.9 Å². The van der Waals surface area contributed by atoms with Gasteiger partial charge in [-0.15, -0.1) is 11.3 Å². The van der Waals surface area contributed by atoms with Gasteiger partial charge in [0.1, 0.15) is 11.4 Å². The van der Waals surface area contributed by atoms with E-state index >= 15 is 0 Å². The smallest absolute Gasteiger partial charge is 0.296 e. The Bertz CT molecular complexity index is 1680. The second-order valence-corrected chi connectivity index (χ2v) is 12.5. The molecular weight excluding hydrogens is 560 g/mol. The molecule has 3 aliphatic carbocycles. The number of rotatable bonds is 6. The molecule has 43 heavy (non-hydrogen) atoms. The maximum Gasteiger partial charge on any atom is 0.296 e. The van der Waals surface area contributed by atoms with E-state index in [1.54, 1.807) is 17.4 Å². The SMILES string of the molecule is COc1ccc(N2CCN(C(=O)C(=O)c3csc(NC(=O)C4(C)CC5c6ccccc6C4c4ccccc45)n3)CC2)cc1. The largest absolute Gasteiger partial charge is 0.497 e. The number of hydrogen-bond acceptors (Lipinski definition) is 7. The van der Waals surface area contributed by atoms with Gasteiger partial charge in [0.15, 0.2) is 5.13 Å². The van der Waals surface area contributed by atoms with Crippen LogP contribution in [0.4, 0.5) is 10.8 Å². The van der Waals surface area contributed by atoms with Gasteiger partial charge < -0.3 is 19.9 Å². The number of hydrogen-bond donors (Lipinski definition) is 1. The molecule has 1 unspecified atom stereocenters.